The number of nitro benzene ring substituents is 2. The van der Waals surface area contributed by atoms with Gasteiger partial charge < -0.3 is 26.6 Å². The maximum absolute atomic E-state index is 12.3. The highest BCUT2D eigenvalue weighted by atomic mass is 32.2. The fraction of sp³-hybridized carbons (Fsp3) is 0.375. The monoisotopic (exact) mass is 473 g/mol. The molecule has 1 aromatic rings. The second-order valence-electron chi connectivity index (χ2n) is 6.19. The maximum Gasteiger partial charge on any atom is 0.322 e. The number of aliphatic carboxylic acids is 2. The summed E-state index contributed by atoms with van der Waals surface area (Å²) < 4.78 is 0. The van der Waals surface area contributed by atoms with Crippen LogP contribution in [0.1, 0.15) is 12.8 Å². The molecular weight excluding hydrogens is 454 g/mol. The van der Waals surface area contributed by atoms with Crippen LogP contribution in [-0.2, 0) is 19.2 Å². The normalized spacial score (nSPS) is 12.3. The number of amides is 2. The Kier molecular flexibility index (Phi) is 9.97. The first-order valence-corrected chi connectivity index (χ1v) is 9.73. The highest BCUT2D eigenvalue weighted by Crippen LogP contribution is 2.32. The van der Waals surface area contributed by atoms with Gasteiger partial charge in [0.1, 0.15) is 18.6 Å². The summed E-state index contributed by atoms with van der Waals surface area (Å²) in [5.74, 6) is -4.62. The predicted octanol–water partition coefficient (Wildman–Crippen LogP) is -0.527. The molecule has 174 valence electrons. The number of nitrogens with two attached hydrogens (primary N) is 1. The molecule has 2 atom stereocenters. The van der Waals surface area contributed by atoms with Crippen LogP contribution in [-0.4, -0.2) is 68.2 Å². The number of benzene rings is 1. The van der Waals surface area contributed by atoms with Crippen molar-refractivity contribution in [2.75, 3.05) is 12.3 Å². The molecule has 32 heavy (non-hydrogen) atoms. The number of rotatable bonds is 13. The molecule has 0 aliphatic heterocycles. The van der Waals surface area contributed by atoms with E-state index in [1.54, 1.807) is 0 Å². The van der Waals surface area contributed by atoms with Gasteiger partial charge in [0.05, 0.1) is 20.8 Å². The molecule has 16 heteroatoms. The first-order valence-electron chi connectivity index (χ1n) is 8.75. The van der Waals surface area contributed by atoms with Crippen molar-refractivity contribution in [1.82, 2.24) is 10.6 Å². The Labute approximate surface area is 183 Å². The molecule has 0 saturated carbocycles. The van der Waals surface area contributed by atoms with Gasteiger partial charge in [0, 0.05) is 18.2 Å². The average Bonchev–Trinajstić information content (AvgIpc) is 2.72. The molecule has 6 N–H and O–H groups in total. The van der Waals surface area contributed by atoms with E-state index in [4.69, 9.17) is 15.9 Å². The minimum atomic E-state index is -1.35. The second-order valence-corrected chi connectivity index (χ2v) is 7.25. The van der Waals surface area contributed by atoms with Gasteiger partial charge in [-0.25, -0.2) is 0 Å². The number of hydrogen-bond acceptors (Lipinski definition) is 10. The fourth-order valence-electron chi connectivity index (χ4n) is 2.20. The predicted molar refractivity (Wildman–Crippen MR) is 108 cm³/mol. The van der Waals surface area contributed by atoms with Crippen LogP contribution in [0.15, 0.2) is 23.1 Å². The molecule has 1 aromatic carbocycles. The van der Waals surface area contributed by atoms with Gasteiger partial charge >= 0.3 is 11.9 Å². The van der Waals surface area contributed by atoms with Gasteiger partial charge in [-0.3, -0.25) is 39.4 Å². The zero-order valence-electron chi connectivity index (χ0n) is 16.3. The lowest BCUT2D eigenvalue weighted by Gasteiger charge is -2.18. The van der Waals surface area contributed by atoms with E-state index in [0.717, 1.165) is 30.0 Å². The largest absolute Gasteiger partial charge is 0.480 e. The molecule has 0 aliphatic carbocycles. The van der Waals surface area contributed by atoms with Gasteiger partial charge in [-0.15, -0.1) is 11.8 Å². The summed E-state index contributed by atoms with van der Waals surface area (Å²) in [7, 11) is 0. The van der Waals surface area contributed by atoms with Crippen LogP contribution in [0.2, 0.25) is 0 Å². The molecule has 0 unspecified atom stereocenters. The van der Waals surface area contributed by atoms with E-state index in [-0.39, 0.29) is 23.5 Å². The Morgan fingerprint density at radius 2 is 1.78 bits per heavy atom. The number of non-ortho nitro benzene ring substituents is 1. The minimum Gasteiger partial charge on any atom is -0.480 e. The first-order chi connectivity index (χ1) is 14.9. The van der Waals surface area contributed by atoms with Crippen molar-refractivity contribution in [1.29, 1.82) is 0 Å². The van der Waals surface area contributed by atoms with Crippen molar-refractivity contribution in [2.24, 2.45) is 5.73 Å². The van der Waals surface area contributed by atoms with Crippen LogP contribution in [0, 0.1) is 20.2 Å². The van der Waals surface area contributed by atoms with E-state index < -0.39 is 63.6 Å². The van der Waals surface area contributed by atoms with Crippen molar-refractivity contribution >= 4 is 46.9 Å². The van der Waals surface area contributed by atoms with Crippen LogP contribution < -0.4 is 16.4 Å². The van der Waals surface area contributed by atoms with Crippen molar-refractivity contribution in [2.45, 2.75) is 29.8 Å². The number of carboxylic acid groups (broad SMARTS) is 2. The number of nitro groups is 2. The third-order valence-corrected chi connectivity index (χ3v) is 4.98. The Morgan fingerprint density at radius 1 is 1.12 bits per heavy atom. The topological polar surface area (TPSA) is 245 Å². The number of thioether (sulfide) groups is 1. The molecule has 0 heterocycles. The summed E-state index contributed by atoms with van der Waals surface area (Å²) in [5.41, 5.74) is 4.21. The summed E-state index contributed by atoms with van der Waals surface area (Å²) in [6.07, 6.45) is -0.579. The molecule has 0 saturated heterocycles. The lowest BCUT2D eigenvalue weighted by molar-refractivity contribution is -0.396. The van der Waals surface area contributed by atoms with E-state index in [1.807, 2.05) is 0 Å². The molecule has 0 spiro atoms. The molecule has 0 fully saturated rings. The van der Waals surface area contributed by atoms with Crippen LogP contribution in [0.4, 0.5) is 11.4 Å². The molecule has 0 aromatic heterocycles. The molecule has 2 amide bonds. The number of carbonyl (C=O) groups is 4. The van der Waals surface area contributed by atoms with Gasteiger partial charge in [-0.2, -0.15) is 0 Å². The van der Waals surface area contributed by atoms with Crippen LogP contribution in [0.3, 0.4) is 0 Å². The van der Waals surface area contributed by atoms with E-state index in [2.05, 4.69) is 10.6 Å². The van der Waals surface area contributed by atoms with E-state index in [1.165, 1.54) is 0 Å². The van der Waals surface area contributed by atoms with Crippen molar-refractivity contribution in [3.05, 3.63) is 38.4 Å². The van der Waals surface area contributed by atoms with Gasteiger partial charge in [-0.05, 0) is 12.5 Å². The Balaban J connectivity index is 2.96. The first kappa shape index (κ1) is 26.2. The third-order valence-electron chi connectivity index (χ3n) is 3.82. The summed E-state index contributed by atoms with van der Waals surface area (Å²) in [4.78, 5) is 66.1. The fourth-order valence-corrected chi connectivity index (χ4v) is 3.23. The maximum atomic E-state index is 12.3. The number of carboxylic acids is 2. The minimum absolute atomic E-state index is 0.0289. The standard InChI is InChI=1S/C16H19N5O10S/c17-9(16(26)27)2-4-13(22)19-10(15(25)18-6-14(23)24)7-32-12-3-1-8(20(28)29)5-11(12)21(30)31/h1,3,5,9-10H,2,4,6-7,17H2,(H,18,25)(H,19,22)(H,23,24)(H,26,27)/t9-,10-/m0/s1. The molecule has 15 nitrogen and oxygen atoms in total. The zero-order valence-corrected chi connectivity index (χ0v) is 17.1. The van der Waals surface area contributed by atoms with Crippen LogP contribution >= 0.6 is 11.8 Å². The zero-order chi connectivity index (χ0) is 24.4. The van der Waals surface area contributed by atoms with Crippen LogP contribution in [0.5, 0.6) is 0 Å². The Morgan fingerprint density at radius 3 is 2.31 bits per heavy atom. The SMILES string of the molecule is N[C@@H](CCC(=O)N[C@@H](CSc1ccc([N+](=O)[O-])cc1[N+](=O)[O-])C(=O)NCC(=O)O)C(=O)O. The lowest BCUT2D eigenvalue weighted by Crippen LogP contribution is -2.49. The molecular formula is C16H19N5O10S. The van der Waals surface area contributed by atoms with Crippen LogP contribution in [0.25, 0.3) is 0 Å². The van der Waals surface area contributed by atoms with E-state index in [9.17, 15) is 39.4 Å². The molecule has 1 rings (SSSR count). The summed E-state index contributed by atoms with van der Waals surface area (Å²) >= 11 is 0.732. The number of carbonyl (C=O) groups excluding carboxylic acids is 2. The van der Waals surface area contributed by atoms with Gasteiger partial charge in [0.2, 0.25) is 11.8 Å². The van der Waals surface area contributed by atoms with Gasteiger partial charge in [0.25, 0.3) is 11.4 Å². The van der Waals surface area contributed by atoms with Crippen molar-refractivity contribution in [3.8, 4) is 0 Å². The molecule has 0 bridgehead atoms. The summed E-state index contributed by atoms with van der Waals surface area (Å²) in [6.45, 7) is -0.753. The quantitative estimate of drug-likeness (QED) is 0.138. The Hall–Kier alpha value is -3.79. The summed E-state index contributed by atoms with van der Waals surface area (Å²) in [5, 5.41) is 43.8. The van der Waals surface area contributed by atoms with E-state index >= 15 is 0 Å². The molecule has 0 radical (unpaired) electrons. The van der Waals surface area contributed by atoms with Crippen molar-refractivity contribution in [3.63, 3.8) is 0 Å². The lowest BCUT2D eigenvalue weighted by atomic mass is 10.1. The average molecular weight is 473 g/mol. The Bertz CT molecular complexity index is 924. The second kappa shape index (κ2) is 12.2. The number of nitrogens with zero attached hydrogens (tertiary/aromatic N) is 2. The third kappa shape index (κ3) is 8.52. The smallest absolute Gasteiger partial charge is 0.322 e. The van der Waals surface area contributed by atoms with Gasteiger partial charge in [0.15, 0.2) is 0 Å². The molecule has 0 aliphatic rings. The highest BCUT2D eigenvalue weighted by Gasteiger charge is 2.25. The number of hydrogen-bond donors (Lipinski definition) is 5. The van der Waals surface area contributed by atoms with Crippen molar-refractivity contribution < 1.29 is 39.2 Å². The van der Waals surface area contributed by atoms with Gasteiger partial charge in [-0.1, -0.05) is 0 Å². The summed E-state index contributed by atoms with van der Waals surface area (Å²) in [6, 6.07) is 0.231. The van der Waals surface area contributed by atoms with E-state index in [0.29, 0.717) is 0 Å². The number of nitrogens with one attached hydrogen (secondary N) is 2. The highest BCUT2D eigenvalue weighted by molar-refractivity contribution is 7.99.